The van der Waals surface area contributed by atoms with E-state index in [2.05, 4.69) is 38.1 Å². The number of nitrogens with two attached hydrogens (primary N) is 1. The lowest BCUT2D eigenvalue weighted by Gasteiger charge is -2.45. The molecule has 0 saturated heterocycles. The van der Waals surface area contributed by atoms with Crippen molar-refractivity contribution >= 4 is 0 Å². The summed E-state index contributed by atoms with van der Waals surface area (Å²) in [5.41, 5.74) is 8.92. The Hall–Kier alpha value is -0.820. The summed E-state index contributed by atoms with van der Waals surface area (Å²) < 4.78 is 0. The summed E-state index contributed by atoms with van der Waals surface area (Å²) >= 11 is 0. The van der Waals surface area contributed by atoms with Gasteiger partial charge in [-0.15, -0.1) is 0 Å². The number of hydrogen-bond donors (Lipinski definition) is 1. The summed E-state index contributed by atoms with van der Waals surface area (Å²) in [5, 5.41) is 0. The van der Waals surface area contributed by atoms with Gasteiger partial charge in [0.25, 0.3) is 0 Å². The molecule has 2 N–H and O–H groups in total. The zero-order chi connectivity index (χ0) is 9.47. The molecule has 1 aliphatic rings. The van der Waals surface area contributed by atoms with E-state index in [0.717, 1.165) is 6.42 Å². The fourth-order valence-corrected chi connectivity index (χ4v) is 2.11. The molecule has 0 bridgehead atoms. The Morgan fingerprint density at radius 3 is 2.69 bits per heavy atom. The van der Waals surface area contributed by atoms with E-state index in [1.807, 2.05) is 0 Å². The smallest absolute Gasteiger partial charge is 0.0435 e. The Bertz CT molecular complexity index is 319. The van der Waals surface area contributed by atoms with Crippen LogP contribution in [0.2, 0.25) is 0 Å². The third kappa shape index (κ3) is 1.28. The van der Waals surface area contributed by atoms with Gasteiger partial charge in [-0.05, 0) is 31.2 Å². The van der Waals surface area contributed by atoms with Crippen LogP contribution in [0.4, 0.5) is 0 Å². The van der Waals surface area contributed by atoms with Crippen LogP contribution in [0.5, 0.6) is 0 Å². The van der Waals surface area contributed by atoms with Gasteiger partial charge >= 0.3 is 0 Å². The first-order valence-electron chi connectivity index (χ1n) is 4.99. The Morgan fingerprint density at radius 2 is 2.23 bits per heavy atom. The predicted molar refractivity (Wildman–Crippen MR) is 55.4 cm³/mol. The highest BCUT2D eigenvalue weighted by Crippen LogP contribution is 2.44. The maximum absolute atomic E-state index is 6.34. The third-order valence-electron chi connectivity index (χ3n) is 3.43. The van der Waals surface area contributed by atoms with Crippen LogP contribution in [0.3, 0.4) is 0 Å². The molecular formula is C12H17N. The summed E-state index contributed by atoms with van der Waals surface area (Å²) in [7, 11) is 0. The molecule has 1 heteroatoms. The molecule has 2 rings (SSSR count). The Labute approximate surface area is 80.0 Å². The maximum atomic E-state index is 6.34. The summed E-state index contributed by atoms with van der Waals surface area (Å²) in [6.45, 7) is 4.36. The molecule has 0 aliphatic heterocycles. The van der Waals surface area contributed by atoms with Gasteiger partial charge in [0.05, 0.1) is 0 Å². The van der Waals surface area contributed by atoms with Gasteiger partial charge in [0, 0.05) is 5.54 Å². The van der Waals surface area contributed by atoms with Gasteiger partial charge in [-0.3, -0.25) is 0 Å². The van der Waals surface area contributed by atoms with E-state index in [1.165, 1.54) is 17.5 Å². The average Bonchev–Trinajstić information content (AvgIpc) is 2.14. The van der Waals surface area contributed by atoms with Crippen LogP contribution in [0.15, 0.2) is 24.3 Å². The molecule has 2 unspecified atom stereocenters. The van der Waals surface area contributed by atoms with Gasteiger partial charge in [-0.1, -0.05) is 36.8 Å². The van der Waals surface area contributed by atoms with Gasteiger partial charge in [-0.2, -0.15) is 0 Å². The van der Waals surface area contributed by atoms with E-state index in [1.54, 1.807) is 0 Å². The van der Waals surface area contributed by atoms with E-state index in [-0.39, 0.29) is 5.54 Å². The SMILES string of the molecule is Cc1cccc(C2(N)CCC2C)c1. The van der Waals surface area contributed by atoms with Crippen molar-refractivity contribution in [2.45, 2.75) is 32.2 Å². The second-order valence-corrected chi connectivity index (χ2v) is 4.35. The van der Waals surface area contributed by atoms with Gasteiger partial charge in [0.2, 0.25) is 0 Å². The molecule has 0 spiro atoms. The highest BCUT2D eigenvalue weighted by molar-refractivity contribution is 5.31. The molecule has 1 fully saturated rings. The molecule has 1 aromatic carbocycles. The highest BCUT2D eigenvalue weighted by atomic mass is 14.8. The van der Waals surface area contributed by atoms with Crippen molar-refractivity contribution in [1.29, 1.82) is 0 Å². The lowest BCUT2D eigenvalue weighted by molar-refractivity contribution is 0.145. The molecule has 0 heterocycles. The highest BCUT2D eigenvalue weighted by Gasteiger charge is 2.41. The first-order valence-corrected chi connectivity index (χ1v) is 4.99. The average molecular weight is 175 g/mol. The minimum atomic E-state index is -0.0357. The standard InChI is InChI=1S/C12H17N/c1-9-4-3-5-11(8-9)12(13)7-6-10(12)2/h3-5,8,10H,6-7,13H2,1-2H3. The van der Waals surface area contributed by atoms with E-state index in [9.17, 15) is 0 Å². The monoisotopic (exact) mass is 175 g/mol. The predicted octanol–water partition coefficient (Wildman–Crippen LogP) is 2.58. The lowest BCUT2D eigenvalue weighted by atomic mass is 9.64. The quantitative estimate of drug-likeness (QED) is 0.697. The molecule has 2 atom stereocenters. The Morgan fingerprint density at radius 1 is 1.46 bits per heavy atom. The Kier molecular flexibility index (Phi) is 1.92. The van der Waals surface area contributed by atoms with Crippen LogP contribution in [-0.2, 0) is 5.54 Å². The summed E-state index contributed by atoms with van der Waals surface area (Å²) in [6.07, 6.45) is 2.40. The summed E-state index contributed by atoms with van der Waals surface area (Å²) in [4.78, 5) is 0. The molecule has 1 aromatic rings. The topological polar surface area (TPSA) is 26.0 Å². The Balaban J connectivity index is 2.35. The second-order valence-electron chi connectivity index (χ2n) is 4.35. The molecule has 1 nitrogen and oxygen atoms in total. The van der Waals surface area contributed by atoms with Gasteiger partial charge in [0.15, 0.2) is 0 Å². The molecule has 0 aromatic heterocycles. The van der Waals surface area contributed by atoms with Gasteiger partial charge in [0.1, 0.15) is 0 Å². The van der Waals surface area contributed by atoms with Crippen LogP contribution >= 0.6 is 0 Å². The fraction of sp³-hybridized carbons (Fsp3) is 0.500. The molecule has 0 radical (unpaired) electrons. The fourth-order valence-electron chi connectivity index (χ4n) is 2.11. The van der Waals surface area contributed by atoms with Crippen LogP contribution in [0.25, 0.3) is 0 Å². The van der Waals surface area contributed by atoms with Crippen LogP contribution in [0.1, 0.15) is 30.9 Å². The number of rotatable bonds is 1. The van der Waals surface area contributed by atoms with Crippen molar-refractivity contribution in [3.63, 3.8) is 0 Å². The van der Waals surface area contributed by atoms with Crippen LogP contribution < -0.4 is 5.73 Å². The normalized spacial score (nSPS) is 32.7. The third-order valence-corrected chi connectivity index (χ3v) is 3.43. The van der Waals surface area contributed by atoms with Gasteiger partial charge in [-0.25, -0.2) is 0 Å². The minimum absolute atomic E-state index is 0.0357. The first-order chi connectivity index (χ1) is 6.13. The van der Waals surface area contributed by atoms with Crippen molar-refractivity contribution in [1.82, 2.24) is 0 Å². The van der Waals surface area contributed by atoms with Crippen molar-refractivity contribution in [2.24, 2.45) is 11.7 Å². The van der Waals surface area contributed by atoms with Crippen molar-refractivity contribution in [2.75, 3.05) is 0 Å². The van der Waals surface area contributed by atoms with Crippen molar-refractivity contribution < 1.29 is 0 Å². The molecule has 70 valence electrons. The largest absolute Gasteiger partial charge is 0.321 e. The zero-order valence-electron chi connectivity index (χ0n) is 8.38. The van der Waals surface area contributed by atoms with Crippen LogP contribution in [-0.4, -0.2) is 0 Å². The maximum Gasteiger partial charge on any atom is 0.0435 e. The van der Waals surface area contributed by atoms with Gasteiger partial charge < -0.3 is 5.73 Å². The second kappa shape index (κ2) is 2.85. The molecule has 0 amide bonds. The molecular weight excluding hydrogens is 158 g/mol. The van der Waals surface area contributed by atoms with E-state index >= 15 is 0 Å². The lowest BCUT2D eigenvalue weighted by Crippen LogP contribution is -2.50. The molecule has 1 aliphatic carbocycles. The number of benzene rings is 1. The molecule has 1 saturated carbocycles. The number of aryl methyl sites for hydroxylation is 1. The number of hydrogen-bond acceptors (Lipinski definition) is 1. The molecule has 13 heavy (non-hydrogen) atoms. The first kappa shape index (κ1) is 8.76. The van der Waals surface area contributed by atoms with Crippen molar-refractivity contribution in [3.8, 4) is 0 Å². The van der Waals surface area contributed by atoms with E-state index < -0.39 is 0 Å². The van der Waals surface area contributed by atoms with Crippen LogP contribution in [0, 0.1) is 12.8 Å². The zero-order valence-corrected chi connectivity index (χ0v) is 8.38. The summed E-state index contributed by atoms with van der Waals surface area (Å²) in [5.74, 6) is 0.634. The van der Waals surface area contributed by atoms with E-state index in [4.69, 9.17) is 5.73 Å². The minimum Gasteiger partial charge on any atom is -0.321 e. The van der Waals surface area contributed by atoms with E-state index in [0.29, 0.717) is 5.92 Å². The van der Waals surface area contributed by atoms with Crippen molar-refractivity contribution in [3.05, 3.63) is 35.4 Å². The summed E-state index contributed by atoms with van der Waals surface area (Å²) in [6, 6.07) is 8.60.